The first kappa shape index (κ1) is 14.6. The van der Waals surface area contributed by atoms with Crippen LogP contribution in [0.2, 0.25) is 0 Å². The Labute approximate surface area is 121 Å². The molecule has 1 N–H and O–H groups in total. The molecule has 0 saturated heterocycles. The van der Waals surface area contributed by atoms with E-state index in [9.17, 15) is 5.11 Å². The van der Waals surface area contributed by atoms with Gasteiger partial charge in [-0.05, 0) is 55.2 Å². The normalized spacial score (nSPS) is 11.4. The van der Waals surface area contributed by atoms with Gasteiger partial charge < -0.3 is 9.84 Å². The van der Waals surface area contributed by atoms with Crippen LogP contribution >= 0.6 is 0 Å². The highest BCUT2D eigenvalue weighted by Gasteiger charge is 2.17. The van der Waals surface area contributed by atoms with Crippen LogP contribution in [0, 0.1) is 0 Å². The van der Waals surface area contributed by atoms with E-state index in [0.717, 1.165) is 28.9 Å². The first-order valence-electron chi connectivity index (χ1n) is 6.96. The van der Waals surface area contributed by atoms with Gasteiger partial charge in [0.2, 0.25) is 0 Å². The molecule has 0 spiro atoms. The molecule has 2 rings (SSSR count). The highest BCUT2D eigenvalue weighted by Crippen LogP contribution is 2.33. The Balaban J connectivity index is 2.55. The van der Waals surface area contributed by atoms with E-state index >= 15 is 0 Å². The number of aryl methyl sites for hydroxylation is 1. The molecule has 2 aromatic carbocycles. The lowest BCUT2D eigenvalue weighted by Gasteiger charge is -2.19. The van der Waals surface area contributed by atoms with Crippen molar-refractivity contribution in [1.29, 1.82) is 0 Å². The summed E-state index contributed by atoms with van der Waals surface area (Å²) in [6.45, 7) is 5.73. The number of hydrogen-bond acceptors (Lipinski definition) is 2. The van der Waals surface area contributed by atoms with Crippen molar-refractivity contribution in [2.75, 3.05) is 7.11 Å². The monoisotopic (exact) mass is 270 g/mol. The highest BCUT2D eigenvalue weighted by molar-refractivity contribution is 5.72. The fourth-order valence-electron chi connectivity index (χ4n) is 2.27. The molecule has 0 unspecified atom stereocenters. The van der Waals surface area contributed by atoms with Crippen LogP contribution in [-0.4, -0.2) is 12.2 Å². The van der Waals surface area contributed by atoms with Gasteiger partial charge in [-0.25, -0.2) is 0 Å². The Morgan fingerprint density at radius 2 is 1.85 bits per heavy atom. The van der Waals surface area contributed by atoms with E-state index in [1.54, 1.807) is 21.0 Å². The molecular weight excluding hydrogens is 248 g/mol. The minimum atomic E-state index is -0.842. The minimum absolute atomic E-state index is 0.842. The summed E-state index contributed by atoms with van der Waals surface area (Å²) in [5.41, 5.74) is 3.47. The maximum atomic E-state index is 10.2. The van der Waals surface area contributed by atoms with Gasteiger partial charge >= 0.3 is 0 Å². The van der Waals surface area contributed by atoms with Crippen LogP contribution in [0.5, 0.6) is 5.75 Å². The molecule has 20 heavy (non-hydrogen) atoms. The van der Waals surface area contributed by atoms with Crippen molar-refractivity contribution in [2.24, 2.45) is 0 Å². The molecule has 0 amide bonds. The molecule has 0 saturated carbocycles. The summed E-state index contributed by atoms with van der Waals surface area (Å²) in [6, 6.07) is 14.2. The third kappa shape index (κ3) is 3.02. The molecule has 0 radical (unpaired) electrons. The van der Waals surface area contributed by atoms with Crippen LogP contribution in [-0.2, 0) is 12.0 Å². The van der Waals surface area contributed by atoms with Crippen molar-refractivity contribution < 1.29 is 9.84 Å². The minimum Gasteiger partial charge on any atom is -0.496 e. The van der Waals surface area contributed by atoms with E-state index in [0.29, 0.717) is 0 Å². The second-order valence-electron chi connectivity index (χ2n) is 5.53. The SMILES string of the molecule is CCc1ccc(OC)c(-c2cccc(C(C)(C)O)c2)c1. The standard InChI is InChI=1S/C18H22O2/c1-5-13-9-10-17(20-4)16(11-13)14-7-6-8-15(12-14)18(2,3)19/h6-12,19H,5H2,1-4H3. The average Bonchev–Trinajstić information content (AvgIpc) is 2.45. The van der Waals surface area contributed by atoms with Gasteiger partial charge in [-0.15, -0.1) is 0 Å². The van der Waals surface area contributed by atoms with Gasteiger partial charge in [-0.3, -0.25) is 0 Å². The highest BCUT2D eigenvalue weighted by atomic mass is 16.5. The van der Waals surface area contributed by atoms with Crippen molar-refractivity contribution in [3.8, 4) is 16.9 Å². The number of hydrogen-bond donors (Lipinski definition) is 1. The molecule has 2 heteroatoms. The van der Waals surface area contributed by atoms with Gasteiger partial charge in [0.25, 0.3) is 0 Å². The molecule has 0 heterocycles. The van der Waals surface area contributed by atoms with Crippen LogP contribution in [0.15, 0.2) is 42.5 Å². The topological polar surface area (TPSA) is 29.5 Å². The number of benzene rings is 2. The van der Waals surface area contributed by atoms with Gasteiger partial charge in [-0.1, -0.05) is 31.2 Å². The zero-order valence-electron chi connectivity index (χ0n) is 12.6. The van der Waals surface area contributed by atoms with Gasteiger partial charge in [0.15, 0.2) is 0 Å². The third-order valence-corrected chi connectivity index (χ3v) is 3.55. The molecule has 0 aliphatic carbocycles. The fraction of sp³-hybridized carbons (Fsp3) is 0.333. The first-order valence-corrected chi connectivity index (χ1v) is 6.96. The quantitative estimate of drug-likeness (QED) is 0.904. The zero-order valence-corrected chi connectivity index (χ0v) is 12.6. The second kappa shape index (κ2) is 5.68. The van der Waals surface area contributed by atoms with E-state index < -0.39 is 5.60 Å². The maximum absolute atomic E-state index is 10.2. The largest absolute Gasteiger partial charge is 0.496 e. The molecule has 0 fully saturated rings. The molecule has 0 aliphatic rings. The van der Waals surface area contributed by atoms with E-state index in [-0.39, 0.29) is 0 Å². The summed E-state index contributed by atoms with van der Waals surface area (Å²) in [7, 11) is 1.68. The predicted molar refractivity (Wildman–Crippen MR) is 83.1 cm³/mol. The second-order valence-corrected chi connectivity index (χ2v) is 5.53. The molecular formula is C18H22O2. The summed E-state index contributed by atoms with van der Waals surface area (Å²) in [6.07, 6.45) is 0.988. The zero-order chi connectivity index (χ0) is 14.8. The smallest absolute Gasteiger partial charge is 0.126 e. The Morgan fingerprint density at radius 3 is 2.45 bits per heavy atom. The van der Waals surface area contributed by atoms with E-state index in [1.165, 1.54) is 5.56 Å². The van der Waals surface area contributed by atoms with Crippen LogP contribution in [0.3, 0.4) is 0 Å². The van der Waals surface area contributed by atoms with Gasteiger partial charge in [0.1, 0.15) is 5.75 Å². The van der Waals surface area contributed by atoms with Crippen molar-refractivity contribution in [2.45, 2.75) is 32.8 Å². The lowest BCUT2D eigenvalue weighted by Crippen LogP contribution is -2.15. The van der Waals surface area contributed by atoms with E-state index in [1.807, 2.05) is 30.3 Å². The predicted octanol–water partition coefficient (Wildman–Crippen LogP) is 4.15. The Kier molecular flexibility index (Phi) is 4.15. The van der Waals surface area contributed by atoms with Crippen LogP contribution in [0.1, 0.15) is 31.9 Å². The fourth-order valence-corrected chi connectivity index (χ4v) is 2.27. The molecule has 0 bridgehead atoms. The number of rotatable bonds is 4. The molecule has 106 valence electrons. The lowest BCUT2D eigenvalue weighted by atomic mass is 9.93. The summed E-state index contributed by atoms with van der Waals surface area (Å²) < 4.78 is 5.46. The molecule has 0 atom stereocenters. The summed E-state index contributed by atoms with van der Waals surface area (Å²) >= 11 is 0. The number of ether oxygens (including phenoxy) is 1. The third-order valence-electron chi connectivity index (χ3n) is 3.55. The van der Waals surface area contributed by atoms with Crippen LogP contribution in [0.4, 0.5) is 0 Å². The van der Waals surface area contributed by atoms with Crippen LogP contribution in [0.25, 0.3) is 11.1 Å². The Morgan fingerprint density at radius 1 is 1.10 bits per heavy atom. The summed E-state index contributed by atoms with van der Waals surface area (Å²) in [5, 5.41) is 10.2. The van der Waals surface area contributed by atoms with E-state index in [4.69, 9.17) is 4.74 Å². The van der Waals surface area contributed by atoms with Gasteiger partial charge in [0, 0.05) is 5.56 Å². The van der Waals surface area contributed by atoms with Gasteiger partial charge in [0.05, 0.1) is 12.7 Å². The Bertz CT molecular complexity index is 595. The van der Waals surface area contributed by atoms with Crippen molar-refractivity contribution in [1.82, 2.24) is 0 Å². The first-order chi connectivity index (χ1) is 9.45. The van der Waals surface area contributed by atoms with Crippen molar-refractivity contribution >= 4 is 0 Å². The molecule has 0 aliphatic heterocycles. The molecule has 0 aromatic heterocycles. The lowest BCUT2D eigenvalue weighted by molar-refractivity contribution is 0.0786. The summed E-state index contributed by atoms with van der Waals surface area (Å²) in [5.74, 6) is 0.857. The number of methoxy groups -OCH3 is 1. The Hall–Kier alpha value is -1.80. The van der Waals surface area contributed by atoms with Crippen molar-refractivity contribution in [3.05, 3.63) is 53.6 Å². The molecule has 2 nitrogen and oxygen atoms in total. The van der Waals surface area contributed by atoms with Crippen LogP contribution < -0.4 is 4.74 Å². The average molecular weight is 270 g/mol. The number of aliphatic hydroxyl groups is 1. The van der Waals surface area contributed by atoms with Crippen molar-refractivity contribution in [3.63, 3.8) is 0 Å². The summed E-state index contributed by atoms with van der Waals surface area (Å²) in [4.78, 5) is 0. The van der Waals surface area contributed by atoms with E-state index in [2.05, 4.69) is 19.1 Å². The van der Waals surface area contributed by atoms with Gasteiger partial charge in [-0.2, -0.15) is 0 Å². The molecule has 2 aromatic rings. The maximum Gasteiger partial charge on any atom is 0.126 e.